The Kier molecular flexibility index (Phi) is 3.76. The van der Waals surface area contributed by atoms with E-state index in [1.807, 2.05) is 36.6 Å². The van der Waals surface area contributed by atoms with Crippen molar-refractivity contribution in [3.05, 3.63) is 45.9 Å². The third-order valence-electron chi connectivity index (χ3n) is 2.39. The van der Waals surface area contributed by atoms with Crippen molar-refractivity contribution in [2.75, 3.05) is 0 Å². The highest BCUT2D eigenvalue weighted by molar-refractivity contribution is 7.09. The molecule has 0 saturated heterocycles. The highest BCUT2D eigenvalue weighted by Gasteiger charge is 2.02. The maximum atomic E-state index is 9.38. The molecule has 0 spiro atoms. The van der Waals surface area contributed by atoms with E-state index in [1.165, 1.54) is 0 Å². The van der Waals surface area contributed by atoms with Crippen LogP contribution in [0.2, 0.25) is 0 Å². The molecule has 90 valence electrons. The van der Waals surface area contributed by atoms with Gasteiger partial charge in [-0.05, 0) is 31.5 Å². The quantitative estimate of drug-likeness (QED) is 0.905. The van der Waals surface area contributed by atoms with Crippen molar-refractivity contribution in [3.63, 3.8) is 0 Å². The molecule has 2 aromatic rings. The van der Waals surface area contributed by atoms with Gasteiger partial charge >= 0.3 is 0 Å². The smallest absolute Gasteiger partial charge is 0.140 e. The summed E-state index contributed by atoms with van der Waals surface area (Å²) in [6.07, 6.45) is -0.439. The second-order valence-corrected chi connectivity index (χ2v) is 4.86. The highest BCUT2D eigenvalue weighted by atomic mass is 32.1. The van der Waals surface area contributed by atoms with Gasteiger partial charge in [-0.3, -0.25) is 0 Å². The molecule has 0 fully saturated rings. The molecule has 0 aliphatic carbocycles. The number of benzene rings is 1. The van der Waals surface area contributed by atoms with Crippen molar-refractivity contribution >= 4 is 11.3 Å². The second-order valence-electron chi connectivity index (χ2n) is 3.92. The zero-order valence-electron chi connectivity index (χ0n) is 9.88. The van der Waals surface area contributed by atoms with Crippen molar-refractivity contribution in [3.8, 4) is 5.75 Å². The van der Waals surface area contributed by atoms with Crippen LogP contribution in [0, 0.1) is 6.92 Å². The molecule has 3 nitrogen and oxygen atoms in total. The standard InChI is InChI=1S/C13H15NO2S/c1-9-8-17-13(14-9)7-16-12-5-3-11(4-6-12)10(2)15/h3-6,8,10,15H,7H2,1-2H3/t10-/m1/s1. The van der Waals surface area contributed by atoms with E-state index in [9.17, 15) is 5.11 Å². The van der Waals surface area contributed by atoms with Crippen LogP contribution in [0.1, 0.15) is 29.3 Å². The van der Waals surface area contributed by atoms with Crippen LogP contribution in [0.3, 0.4) is 0 Å². The minimum Gasteiger partial charge on any atom is -0.486 e. The average molecular weight is 249 g/mol. The first kappa shape index (κ1) is 12.1. The summed E-state index contributed by atoms with van der Waals surface area (Å²) < 4.78 is 5.61. The normalized spacial score (nSPS) is 12.4. The van der Waals surface area contributed by atoms with Crippen molar-refractivity contribution in [1.29, 1.82) is 0 Å². The molecule has 4 heteroatoms. The van der Waals surface area contributed by atoms with Gasteiger partial charge in [0.25, 0.3) is 0 Å². The van der Waals surface area contributed by atoms with E-state index in [0.29, 0.717) is 6.61 Å². The number of nitrogens with zero attached hydrogens (tertiary/aromatic N) is 1. The molecule has 0 amide bonds. The van der Waals surface area contributed by atoms with Crippen LogP contribution in [-0.2, 0) is 6.61 Å². The van der Waals surface area contributed by atoms with E-state index in [-0.39, 0.29) is 0 Å². The molecule has 0 aliphatic rings. The summed E-state index contributed by atoms with van der Waals surface area (Å²) in [7, 11) is 0. The molecular formula is C13H15NO2S. The van der Waals surface area contributed by atoms with Crippen LogP contribution >= 0.6 is 11.3 Å². The monoisotopic (exact) mass is 249 g/mol. The summed E-state index contributed by atoms with van der Waals surface area (Å²) in [6, 6.07) is 7.46. The number of ether oxygens (including phenoxy) is 1. The number of aromatic nitrogens is 1. The number of aliphatic hydroxyl groups is 1. The van der Waals surface area contributed by atoms with Gasteiger partial charge in [0, 0.05) is 11.1 Å². The number of aliphatic hydroxyl groups excluding tert-OH is 1. The van der Waals surface area contributed by atoms with Crippen molar-refractivity contribution in [2.24, 2.45) is 0 Å². The molecule has 0 bridgehead atoms. The van der Waals surface area contributed by atoms with E-state index in [0.717, 1.165) is 22.0 Å². The zero-order chi connectivity index (χ0) is 12.3. The molecule has 0 aliphatic heterocycles. The Bertz CT molecular complexity index is 476. The Hall–Kier alpha value is -1.39. The first-order valence-corrected chi connectivity index (χ1v) is 6.35. The Morgan fingerprint density at radius 1 is 1.35 bits per heavy atom. The summed E-state index contributed by atoms with van der Waals surface area (Å²) in [5.74, 6) is 0.794. The van der Waals surface area contributed by atoms with Crippen LogP contribution in [-0.4, -0.2) is 10.1 Å². The third-order valence-corrected chi connectivity index (χ3v) is 3.33. The van der Waals surface area contributed by atoms with Gasteiger partial charge in [0.05, 0.1) is 6.10 Å². The number of thiazole rings is 1. The predicted molar refractivity (Wildman–Crippen MR) is 68.3 cm³/mol. The summed E-state index contributed by atoms with van der Waals surface area (Å²) in [6.45, 7) is 4.21. The molecule has 0 saturated carbocycles. The number of rotatable bonds is 4. The first-order chi connectivity index (χ1) is 8.15. The molecule has 0 radical (unpaired) electrons. The van der Waals surface area contributed by atoms with E-state index in [4.69, 9.17) is 4.74 Å². The molecule has 2 rings (SSSR count). The van der Waals surface area contributed by atoms with Gasteiger partial charge in [-0.15, -0.1) is 11.3 Å². The molecule has 1 atom stereocenters. The first-order valence-electron chi connectivity index (χ1n) is 5.47. The van der Waals surface area contributed by atoms with Crippen LogP contribution in [0.4, 0.5) is 0 Å². The van der Waals surface area contributed by atoms with Crippen molar-refractivity contribution < 1.29 is 9.84 Å². The fraction of sp³-hybridized carbons (Fsp3) is 0.308. The second kappa shape index (κ2) is 5.29. The van der Waals surface area contributed by atoms with E-state index < -0.39 is 6.10 Å². The molecule has 1 heterocycles. The van der Waals surface area contributed by atoms with E-state index >= 15 is 0 Å². The molecule has 1 aromatic carbocycles. The maximum Gasteiger partial charge on any atom is 0.140 e. The lowest BCUT2D eigenvalue weighted by Gasteiger charge is -2.07. The van der Waals surface area contributed by atoms with E-state index in [1.54, 1.807) is 18.3 Å². The summed E-state index contributed by atoms with van der Waals surface area (Å²) >= 11 is 1.60. The van der Waals surface area contributed by atoms with Gasteiger partial charge in [-0.25, -0.2) is 4.98 Å². The zero-order valence-corrected chi connectivity index (χ0v) is 10.7. The maximum absolute atomic E-state index is 9.38. The Morgan fingerprint density at radius 2 is 2.06 bits per heavy atom. The summed E-state index contributed by atoms with van der Waals surface area (Å²) in [5.41, 5.74) is 1.92. The SMILES string of the molecule is Cc1csc(COc2ccc([C@@H](C)O)cc2)n1. The minimum atomic E-state index is -0.439. The number of aryl methyl sites for hydroxylation is 1. The van der Waals surface area contributed by atoms with Crippen LogP contribution in [0.25, 0.3) is 0 Å². The average Bonchev–Trinajstić information content (AvgIpc) is 2.73. The summed E-state index contributed by atoms with van der Waals surface area (Å²) in [5, 5.41) is 12.4. The van der Waals surface area contributed by atoms with Gasteiger partial charge in [0.2, 0.25) is 0 Å². The Balaban J connectivity index is 1.95. The van der Waals surface area contributed by atoms with Crippen LogP contribution in [0.5, 0.6) is 5.75 Å². The fourth-order valence-electron chi connectivity index (χ4n) is 1.46. The third kappa shape index (κ3) is 3.28. The Labute approximate surface area is 105 Å². The van der Waals surface area contributed by atoms with Crippen molar-refractivity contribution in [1.82, 2.24) is 4.98 Å². The lowest BCUT2D eigenvalue weighted by atomic mass is 10.1. The highest BCUT2D eigenvalue weighted by Crippen LogP contribution is 2.19. The summed E-state index contributed by atoms with van der Waals surface area (Å²) in [4.78, 5) is 4.33. The fourth-order valence-corrected chi connectivity index (χ4v) is 2.14. The van der Waals surface area contributed by atoms with E-state index in [2.05, 4.69) is 4.98 Å². The topological polar surface area (TPSA) is 42.4 Å². The van der Waals surface area contributed by atoms with Gasteiger partial charge in [-0.2, -0.15) is 0 Å². The number of hydrogen-bond acceptors (Lipinski definition) is 4. The lowest BCUT2D eigenvalue weighted by molar-refractivity contribution is 0.199. The minimum absolute atomic E-state index is 0.439. The number of hydrogen-bond donors (Lipinski definition) is 1. The molecule has 1 N–H and O–H groups in total. The molecule has 1 aromatic heterocycles. The molecule has 0 unspecified atom stereocenters. The largest absolute Gasteiger partial charge is 0.486 e. The van der Waals surface area contributed by atoms with Gasteiger partial charge < -0.3 is 9.84 Å². The van der Waals surface area contributed by atoms with Crippen LogP contribution in [0.15, 0.2) is 29.6 Å². The lowest BCUT2D eigenvalue weighted by Crippen LogP contribution is -1.96. The van der Waals surface area contributed by atoms with Gasteiger partial charge in [0.1, 0.15) is 17.4 Å². The van der Waals surface area contributed by atoms with Crippen molar-refractivity contribution in [2.45, 2.75) is 26.6 Å². The predicted octanol–water partition coefficient (Wildman–Crippen LogP) is 3.08. The van der Waals surface area contributed by atoms with Gasteiger partial charge in [-0.1, -0.05) is 12.1 Å². The Morgan fingerprint density at radius 3 is 2.59 bits per heavy atom. The van der Waals surface area contributed by atoms with Gasteiger partial charge in [0.15, 0.2) is 0 Å². The molecular weight excluding hydrogens is 234 g/mol. The molecule has 17 heavy (non-hydrogen) atoms. The van der Waals surface area contributed by atoms with Crippen LogP contribution < -0.4 is 4.74 Å².